The van der Waals surface area contributed by atoms with Crippen molar-refractivity contribution >= 4 is 0 Å². The predicted molar refractivity (Wildman–Crippen MR) is 89.1 cm³/mol. The molecule has 23 heavy (non-hydrogen) atoms. The number of likely N-dealkylation sites (N-methyl/N-ethyl adjacent to an activating group) is 1. The van der Waals surface area contributed by atoms with Crippen LogP contribution in [0.5, 0.6) is 11.5 Å². The molecule has 3 atom stereocenters. The third kappa shape index (κ3) is 1.70. The summed E-state index contributed by atoms with van der Waals surface area (Å²) in [6.07, 6.45) is 5.15. The number of ether oxygens (including phenoxy) is 3. The summed E-state index contributed by atoms with van der Waals surface area (Å²) in [5.41, 5.74) is 3.81. The Labute approximate surface area is 137 Å². The summed E-state index contributed by atoms with van der Waals surface area (Å²) in [7, 11) is 7.70. The lowest BCUT2D eigenvalue weighted by Gasteiger charge is -2.45. The van der Waals surface area contributed by atoms with Crippen LogP contribution in [0.15, 0.2) is 35.6 Å². The average molecular weight is 313 g/mol. The van der Waals surface area contributed by atoms with Crippen LogP contribution in [-0.2, 0) is 16.6 Å². The summed E-state index contributed by atoms with van der Waals surface area (Å²) in [6, 6.07) is 4.58. The van der Waals surface area contributed by atoms with Gasteiger partial charge in [-0.1, -0.05) is 12.1 Å². The maximum Gasteiger partial charge on any atom is 0.169 e. The molecular formula is C19H23NO3. The maximum atomic E-state index is 6.38. The SMILES string of the molecule is COC1=CC=C2C(N(C)C)Cc3ccc(OC)c4c3C2(C)C1O4. The van der Waals surface area contributed by atoms with E-state index < -0.39 is 0 Å². The molecule has 4 heteroatoms. The standard InChI is InChI=1S/C19H23NO3/c1-19-12-7-9-15(22-5)18(19)23-17-14(21-4)8-6-11(16(17)19)10-13(12)20(2)3/h6-9,13,18H,10H2,1-5H3. The smallest absolute Gasteiger partial charge is 0.169 e. The van der Waals surface area contributed by atoms with Gasteiger partial charge in [-0.3, -0.25) is 0 Å². The van der Waals surface area contributed by atoms with E-state index in [9.17, 15) is 0 Å². The van der Waals surface area contributed by atoms with E-state index in [0.29, 0.717) is 6.04 Å². The molecule has 4 nitrogen and oxygen atoms in total. The van der Waals surface area contributed by atoms with Gasteiger partial charge in [0, 0.05) is 11.6 Å². The molecule has 2 aliphatic carbocycles. The molecule has 1 heterocycles. The summed E-state index contributed by atoms with van der Waals surface area (Å²) in [6.45, 7) is 2.28. The van der Waals surface area contributed by atoms with Gasteiger partial charge < -0.3 is 19.1 Å². The molecule has 0 spiro atoms. The second-order valence-electron chi connectivity index (χ2n) is 6.91. The molecule has 1 aromatic rings. The minimum atomic E-state index is -0.202. The highest BCUT2D eigenvalue weighted by Gasteiger charge is 2.57. The number of hydrogen-bond donors (Lipinski definition) is 0. The molecule has 0 amide bonds. The van der Waals surface area contributed by atoms with E-state index in [2.05, 4.69) is 44.1 Å². The lowest BCUT2D eigenvalue weighted by atomic mass is 9.62. The fourth-order valence-electron chi connectivity index (χ4n) is 4.47. The van der Waals surface area contributed by atoms with Gasteiger partial charge in [0.2, 0.25) is 0 Å². The number of allylic oxidation sites excluding steroid dienone is 2. The first-order chi connectivity index (χ1) is 11.0. The Bertz CT molecular complexity index is 734. The van der Waals surface area contributed by atoms with E-state index in [4.69, 9.17) is 14.2 Å². The quantitative estimate of drug-likeness (QED) is 0.858. The molecule has 122 valence electrons. The van der Waals surface area contributed by atoms with Gasteiger partial charge in [0.1, 0.15) is 5.76 Å². The Kier molecular flexibility index (Phi) is 3.04. The van der Waals surface area contributed by atoms with E-state index in [1.54, 1.807) is 14.2 Å². The zero-order valence-corrected chi connectivity index (χ0v) is 14.3. The summed E-state index contributed by atoms with van der Waals surface area (Å²) < 4.78 is 17.6. The molecule has 0 N–H and O–H groups in total. The minimum absolute atomic E-state index is 0.125. The molecule has 0 saturated carbocycles. The van der Waals surface area contributed by atoms with Crippen molar-refractivity contribution in [3.05, 3.63) is 46.7 Å². The number of methoxy groups -OCH3 is 2. The Hall–Kier alpha value is -1.94. The number of hydrogen-bond acceptors (Lipinski definition) is 4. The normalized spacial score (nSPS) is 30.3. The Morgan fingerprint density at radius 3 is 2.61 bits per heavy atom. The highest BCUT2D eigenvalue weighted by molar-refractivity contribution is 5.66. The van der Waals surface area contributed by atoms with Gasteiger partial charge >= 0.3 is 0 Å². The van der Waals surface area contributed by atoms with E-state index in [1.165, 1.54) is 16.7 Å². The van der Waals surface area contributed by atoms with Crippen LogP contribution in [0.2, 0.25) is 0 Å². The van der Waals surface area contributed by atoms with Crippen molar-refractivity contribution in [2.24, 2.45) is 0 Å². The Balaban J connectivity index is 2.01. The third-order valence-corrected chi connectivity index (χ3v) is 5.62. The zero-order chi connectivity index (χ0) is 16.4. The van der Waals surface area contributed by atoms with Crippen molar-refractivity contribution in [2.45, 2.75) is 30.9 Å². The summed E-state index contributed by atoms with van der Waals surface area (Å²) >= 11 is 0. The van der Waals surface area contributed by atoms with Crippen LogP contribution < -0.4 is 9.47 Å². The molecule has 0 bridgehead atoms. The number of benzene rings is 1. The Morgan fingerprint density at radius 2 is 1.96 bits per heavy atom. The Morgan fingerprint density at radius 1 is 1.17 bits per heavy atom. The van der Waals surface area contributed by atoms with Crippen molar-refractivity contribution in [1.82, 2.24) is 4.90 Å². The lowest BCUT2D eigenvalue weighted by Crippen LogP contribution is -2.50. The van der Waals surface area contributed by atoms with Gasteiger partial charge in [-0.2, -0.15) is 0 Å². The van der Waals surface area contributed by atoms with Crippen molar-refractivity contribution in [2.75, 3.05) is 28.3 Å². The molecule has 3 aliphatic rings. The zero-order valence-electron chi connectivity index (χ0n) is 14.3. The van der Waals surface area contributed by atoms with Gasteiger partial charge in [0.15, 0.2) is 17.6 Å². The summed E-state index contributed by atoms with van der Waals surface area (Å²) in [4.78, 5) is 2.30. The maximum absolute atomic E-state index is 6.38. The summed E-state index contributed by atoms with van der Waals surface area (Å²) in [5.74, 6) is 2.56. The molecule has 3 unspecified atom stereocenters. The molecule has 0 saturated heterocycles. The third-order valence-electron chi connectivity index (χ3n) is 5.62. The second-order valence-corrected chi connectivity index (χ2v) is 6.91. The highest BCUT2D eigenvalue weighted by Crippen LogP contribution is 2.59. The van der Waals surface area contributed by atoms with Gasteiger partial charge in [-0.05, 0) is 50.7 Å². The van der Waals surface area contributed by atoms with Crippen LogP contribution in [0.4, 0.5) is 0 Å². The fourth-order valence-corrected chi connectivity index (χ4v) is 4.47. The topological polar surface area (TPSA) is 30.9 Å². The van der Waals surface area contributed by atoms with Crippen molar-refractivity contribution in [3.8, 4) is 11.5 Å². The van der Waals surface area contributed by atoms with Crippen LogP contribution in [0.1, 0.15) is 18.1 Å². The van der Waals surface area contributed by atoms with Crippen LogP contribution >= 0.6 is 0 Å². The first-order valence-electron chi connectivity index (χ1n) is 8.02. The summed E-state index contributed by atoms with van der Waals surface area (Å²) in [5, 5.41) is 0. The monoisotopic (exact) mass is 313 g/mol. The van der Waals surface area contributed by atoms with Gasteiger partial charge in [-0.25, -0.2) is 0 Å². The molecule has 0 radical (unpaired) electrons. The molecule has 0 aromatic heterocycles. The van der Waals surface area contributed by atoms with Crippen LogP contribution in [0.25, 0.3) is 0 Å². The van der Waals surface area contributed by atoms with E-state index in [1.807, 2.05) is 6.07 Å². The first kappa shape index (κ1) is 14.6. The van der Waals surface area contributed by atoms with Crippen molar-refractivity contribution < 1.29 is 14.2 Å². The van der Waals surface area contributed by atoms with Gasteiger partial charge in [0.25, 0.3) is 0 Å². The molecule has 4 rings (SSSR count). The largest absolute Gasteiger partial charge is 0.497 e. The van der Waals surface area contributed by atoms with Gasteiger partial charge in [0.05, 0.1) is 19.6 Å². The number of nitrogens with zero attached hydrogens (tertiary/aromatic N) is 1. The van der Waals surface area contributed by atoms with Crippen LogP contribution in [0.3, 0.4) is 0 Å². The van der Waals surface area contributed by atoms with Crippen LogP contribution in [-0.4, -0.2) is 45.4 Å². The molecule has 1 aliphatic heterocycles. The van der Waals surface area contributed by atoms with E-state index in [0.717, 1.165) is 23.7 Å². The highest BCUT2D eigenvalue weighted by atomic mass is 16.6. The van der Waals surface area contributed by atoms with Crippen molar-refractivity contribution in [1.29, 1.82) is 0 Å². The molecular weight excluding hydrogens is 290 g/mol. The van der Waals surface area contributed by atoms with E-state index in [-0.39, 0.29) is 11.5 Å². The first-order valence-corrected chi connectivity index (χ1v) is 8.02. The van der Waals surface area contributed by atoms with Crippen molar-refractivity contribution in [3.63, 3.8) is 0 Å². The average Bonchev–Trinajstić information content (AvgIpc) is 2.86. The fraction of sp³-hybridized carbons (Fsp3) is 0.474. The number of rotatable bonds is 3. The lowest BCUT2D eigenvalue weighted by molar-refractivity contribution is 0.113. The molecule has 0 fully saturated rings. The van der Waals surface area contributed by atoms with Gasteiger partial charge in [-0.15, -0.1) is 0 Å². The minimum Gasteiger partial charge on any atom is -0.497 e. The second kappa shape index (κ2) is 4.78. The van der Waals surface area contributed by atoms with Crippen LogP contribution in [0, 0.1) is 0 Å². The molecule has 1 aromatic carbocycles. The van der Waals surface area contributed by atoms with E-state index >= 15 is 0 Å². The predicted octanol–water partition coefficient (Wildman–Crippen LogP) is 2.67.